The zero-order valence-electron chi connectivity index (χ0n) is 11.9. The molecule has 2 rings (SSSR count). The summed E-state index contributed by atoms with van der Waals surface area (Å²) in [6.45, 7) is 3.82. The Balaban J connectivity index is 2.26. The highest BCUT2D eigenvalue weighted by Gasteiger charge is 2.12. The first kappa shape index (κ1) is 15.2. The van der Waals surface area contributed by atoms with Gasteiger partial charge in [-0.25, -0.2) is 4.98 Å². The predicted octanol–water partition coefficient (Wildman–Crippen LogP) is 2.75. The van der Waals surface area contributed by atoms with Crippen molar-refractivity contribution < 1.29 is 9.90 Å². The van der Waals surface area contributed by atoms with E-state index in [0.29, 0.717) is 22.7 Å². The van der Waals surface area contributed by atoms with E-state index < -0.39 is 0 Å². The van der Waals surface area contributed by atoms with Gasteiger partial charge in [0.25, 0.3) is 5.91 Å². The first-order valence-electron chi connectivity index (χ1n) is 6.54. The van der Waals surface area contributed by atoms with Crippen molar-refractivity contribution in [2.75, 3.05) is 11.9 Å². The van der Waals surface area contributed by atoms with Crippen molar-refractivity contribution in [1.82, 2.24) is 4.98 Å². The Morgan fingerprint density at radius 2 is 2.24 bits per heavy atom. The molecule has 0 spiro atoms. The Bertz CT molecular complexity index is 711. The number of carbonyl (C=O) groups is 1. The number of nitrogens with one attached hydrogen (secondary N) is 1. The molecule has 21 heavy (non-hydrogen) atoms. The number of aliphatic hydroxyl groups is 1. The van der Waals surface area contributed by atoms with Gasteiger partial charge < -0.3 is 5.11 Å². The number of thiazole rings is 1. The van der Waals surface area contributed by atoms with E-state index in [0.717, 1.165) is 11.3 Å². The number of nitrogens with zero attached hydrogens (tertiary/aromatic N) is 1. The molecule has 0 atom stereocenters. The number of benzene rings is 1. The maximum absolute atomic E-state index is 12.4. The number of anilines is 1. The molecule has 1 heterocycles. The normalized spacial score (nSPS) is 9.86. The monoisotopic (exact) mass is 300 g/mol. The lowest BCUT2D eigenvalue weighted by atomic mass is 10.0. The summed E-state index contributed by atoms with van der Waals surface area (Å²) in [5.41, 5.74) is 3.04. The maximum Gasteiger partial charge on any atom is 0.258 e. The van der Waals surface area contributed by atoms with Gasteiger partial charge in [0.1, 0.15) is 0 Å². The van der Waals surface area contributed by atoms with Crippen molar-refractivity contribution >= 4 is 22.4 Å². The summed E-state index contributed by atoms with van der Waals surface area (Å²) in [4.78, 5) is 16.6. The Labute approximate surface area is 127 Å². The van der Waals surface area contributed by atoms with Gasteiger partial charge in [-0.15, -0.1) is 11.3 Å². The molecule has 0 unspecified atom stereocenters. The van der Waals surface area contributed by atoms with Crippen LogP contribution in [0.1, 0.15) is 33.6 Å². The van der Waals surface area contributed by atoms with Crippen LogP contribution in [-0.2, 0) is 0 Å². The van der Waals surface area contributed by atoms with Crippen LogP contribution in [0.2, 0.25) is 0 Å². The lowest BCUT2D eigenvalue weighted by Gasteiger charge is -2.06. The third-order valence-corrected chi connectivity index (χ3v) is 3.59. The molecule has 0 bridgehead atoms. The van der Waals surface area contributed by atoms with Gasteiger partial charge in [-0.3, -0.25) is 10.1 Å². The average molecular weight is 300 g/mol. The van der Waals surface area contributed by atoms with Gasteiger partial charge in [0, 0.05) is 17.4 Å². The summed E-state index contributed by atoms with van der Waals surface area (Å²) in [6.07, 6.45) is 0.389. The van der Waals surface area contributed by atoms with Crippen molar-refractivity contribution in [1.29, 1.82) is 0 Å². The van der Waals surface area contributed by atoms with Gasteiger partial charge in [0.15, 0.2) is 5.13 Å². The minimum atomic E-state index is -0.221. The highest BCUT2D eigenvalue weighted by Crippen LogP contribution is 2.17. The van der Waals surface area contributed by atoms with Crippen LogP contribution in [0.4, 0.5) is 5.13 Å². The van der Waals surface area contributed by atoms with Gasteiger partial charge in [0.2, 0.25) is 0 Å². The van der Waals surface area contributed by atoms with Crippen molar-refractivity contribution in [3.63, 3.8) is 0 Å². The van der Waals surface area contributed by atoms with Gasteiger partial charge in [0.05, 0.1) is 17.9 Å². The first-order chi connectivity index (χ1) is 10.1. The second-order valence-corrected chi connectivity index (χ2v) is 5.43. The lowest BCUT2D eigenvalue weighted by Crippen LogP contribution is -2.13. The average Bonchev–Trinajstić information content (AvgIpc) is 2.86. The minimum absolute atomic E-state index is 0.0127. The largest absolute Gasteiger partial charge is 0.395 e. The highest BCUT2D eigenvalue weighted by atomic mass is 32.1. The number of aromatic nitrogens is 1. The molecule has 0 aliphatic carbocycles. The molecule has 2 aromatic rings. The summed E-state index contributed by atoms with van der Waals surface area (Å²) in [5, 5.41) is 14.0. The number of hydrogen-bond acceptors (Lipinski definition) is 4. The SMILES string of the molecule is Cc1ccc(C#CCCO)c(C(=O)Nc2nc(C)cs2)c1. The van der Waals surface area contributed by atoms with E-state index in [9.17, 15) is 4.79 Å². The van der Waals surface area contributed by atoms with Crippen LogP contribution >= 0.6 is 11.3 Å². The van der Waals surface area contributed by atoms with Gasteiger partial charge in [-0.05, 0) is 26.0 Å². The van der Waals surface area contributed by atoms with Crippen LogP contribution in [0, 0.1) is 25.7 Å². The molecule has 4 nitrogen and oxygen atoms in total. The Hall–Kier alpha value is -2.16. The topological polar surface area (TPSA) is 62.2 Å². The van der Waals surface area contributed by atoms with E-state index in [-0.39, 0.29) is 12.5 Å². The van der Waals surface area contributed by atoms with Crippen LogP contribution in [0.15, 0.2) is 23.6 Å². The quantitative estimate of drug-likeness (QED) is 0.857. The van der Waals surface area contributed by atoms with E-state index in [1.807, 2.05) is 31.4 Å². The number of hydrogen-bond donors (Lipinski definition) is 2. The molecular formula is C16H16N2O2S. The molecular weight excluding hydrogens is 284 g/mol. The van der Waals surface area contributed by atoms with Crippen molar-refractivity contribution in [3.05, 3.63) is 46.0 Å². The van der Waals surface area contributed by atoms with Crippen LogP contribution in [0.25, 0.3) is 0 Å². The fourth-order valence-electron chi connectivity index (χ4n) is 1.74. The first-order valence-corrected chi connectivity index (χ1v) is 7.42. The summed E-state index contributed by atoms with van der Waals surface area (Å²) < 4.78 is 0. The number of amides is 1. The molecule has 1 aromatic carbocycles. The molecule has 0 radical (unpaired) electrons. The van der Waals surface area contributed by atoms with Crippen molar-refractivity contribution in [2.45, 2.75) is 20.3 Å². The molecule has 5 heteroatoms. The molecule has 0 fully saturated rings. The molecule has 0 aliphatic heterocycles. The molecule has 2 N–H and O–H groups in total. The summed E-state index contributed by atoms with van der Waals surface area (Å²) in [5.74, 6) is 5.55. The minimum Gasteiger partial charge on any atom is -0.395 e. The fourth-order valence-corrected chi connectivity index (χ4v) is 2.43. The summed E-state index contributed by atoms with van der Waals surface area (Å²) in [6, 6.07) is 5.54. The van der Waals surface area contributed by atoms with Gasteiger partial charge >= 0.3 is 0 Å². The van der Waals surface area contributed by atoms with Gasteiger partial charge in [-0.1, -0.05) is 23.5 Å². The Morgan fingerprint density at radius 3 is 2.90 bits per heavy atom. The lowest BCUT2D eigenvalue weighted by molar-refractivity contribution is 0.102. The number of aryl methyl sites for hydroxylation is 2. The fraction of sp³-hybridized carbons (Fsp3) is 0.250. The van der Waals surface area contributed by atoms with E-state index in [4.69, 9.17) is 5.11 Å². The van der Waals surface area contributed by atoms with Crippen LogP contribution in [0.5, 0.6) is 0 Å². The molecule has 1 aromatic heterocycles. The predicted molar refractivity (Wildman–Crippen MR) is 84.6 cm³/mol. The number of rotatable bonds is 3. The number of aliphatic hydroxyl groups excluding tert-OH is 1. The zero-order chi connectivity index (χ0) is 15.2. The summed E-state index contributed by atoms with van der Waals surface area (Å²) in [7, 11) is 0. The van der Waals surface area contributed by atoms with E-state index in [1.54, 1.807) is 6.07 Å². The third kappa shape index (κ3) is 4.15. The molecule has 0 aliphatic rings. The standard InChI is InChI=1S/C16H16N2O2S/c1-11-6-7-13(5-3-4-8-19)14(9-11)15(20)18-16-17-12(2)10-21-16/h6-7,9-10,19H,4,8H2,1-2H3,(H,17,18,20). The second kappa shape index (κ2) is 7.02. The zero-order valence-corrected chi connectivity index (χ0v) is 12.8. The molecule has 0 saturated heterocycles. The number of carbonyl (C=O) groups excluding carboxylic acids is 1. The molecule has 1 amide bonds. The second-order valence-electron chi connectivity index (χ2n) is 4.57. The van der Waals surface area contributed by atoms with Crippen LogP contribution in [-0.4, -0.2) is 22.6 Å². The van der Waals surface area contributed by atoms with Gasteiger partial charge in [-0.2, -0.15) is 0 Å². The van der Waals surface area contributed by atoms with E-state index >= 15 is 0 Å². The highest BCUT2D eigenvalue weighted by molar-refractivity contribution is 7.13. The smallest absolute Gasteiger partial charge is 0.258 e. The van der Waals surface area contributed by atoms with Crippen molar-refractivity contribution in [2.24, 2.45) is 0 Å². The van der Waals surface area contributed by atoms with Crippen molar-refractivity contribution in [3.8, 4) is 11.8 Å². The molecule has 0 saturated carbocycles. The summed E-state index contributed by atoms with van der Waals surface area (Å²) >= 11 is 1.39. The maximum atomic E-state index is 12.4. The molecule has 108 valence electrons. The third-order valence-electron chi connectivity index (χ3n) is 2.72. The van der Waals surface area contributed by atoms with Crippen LogP contribution in [0.3, 0.4) is 0 Å². The Morgan fingerprint density at radius 1 is 1.43 bits per heavy atom. The van der Waals surface area contributed by atoms with E-state index in [2.05, 4.69) is 22.1 Å². The van der Waals surface area contributed by atoms with Crippen LogP contribution < -0.4 is 5.32 Å². The Kier molecular flexibility index (Phi) is 5.09. The van der Waals surface area contributed by atoms with E-state index in [1.165, 1.54) is 11.3 Å².